The van der Waals surface area contributed by atoms with Gasteiger partial charge in [-0.2, -0.15) is 13.2 Å². The SMILES string of the molecule is CC(NS(=O)(=O)c1ccccc1C(F)(F)F)c1ccc2c(c1)OCO2. The van der Waals surface area contributed by atoms with Crippen molar-refractivity contribution in [2.45, 2.75) is 24.0 Å². The number of halogens is 3. The molecule has 1 aliphatic heterocycles. The summed E-state index contributed by atoms with van der Waals surface area (Å²) >= 11 is 0. The molecule has 0 aliphatic carbocycles. The van der Waals surface area contributed by atoms with Crippen molar-refractivity contribution in [3.05, 3.63) is 53.6 Å². The molecule has 2 aromatic carbocycles. The first-order valence-electron chi connectivity index (χ1n) is 7.26. The Hall–Kier alpha value is -2.26. The Kier molecular flexibility index (Phi) is 4.38. The minimum atomic E-state index is -4.77. The second-order valence-corrected chi connectivity index (χ2v) is 7.13. The molecular formula is C16H14F3NO4S. The average molecular weight is 373 g/mol. The predicted molar refractivity (Wildman–Crippen MR) is 82.7 cm³/mol. The van der Waals surface area contributed by atoms with Gasteiger partial charge >= 0.3 is 6.18 Å². The first kappa shape index (κ1) is 17.6. The van der Waals surface area contributed by atoms with E-state index in [-0.39, 0.29) is 6.79 Å². The van der Waals surface area contributed by atoms with Crippen LogP contribution in [0.1, 0.15) is 24.1 Å². The molecule has 1 aliphatic rings. The number of nitrogens with one attached hydrogen (secondary N) is 1. The summed E-state index contributed by atoms with van der Waals surface area (Å²) in [4.78, 5) is -0.810. The first-order valence-corrected chi connectivity index (χ1v) is 8.75. The number of hydrogen-bond donors (Lipinski definition) is 1. The van der Waals surface area contributed by atoms with Crippen LogP contribution in [0.2, 0.25) is 0 Å². The highest BCUT2D eigenvalue weighted by atomic mass is 32.2. The predicted octanol–water partition coefficient (Wildman–Crippen LogP) is 3.47. The molecule has 1 N–H and O–H groups in total. The fraction of sp³-hybridized carbons (Fsp3) is 0.250. The normalized spacial score (nSPS) is 15.2. The molecule has 3 rings (SSSR count). The zero-order valence-corrected chi connectivity index (χ0v) is 13.8. The van der Waals surface area contributed by atoms with Crippen molar-refractivity contribution in [3.63, 3.8) is 0 Å². The Morgan fingerprint density at radius 2 is 1.76 bits per heavy atom. The molecule has 1 atom stereocenters. The van der Waals surface area contributed by atoms with Crippen molar-refractivity contribution in [1.29, 1.82) is 0 Å². The summed E-state index contributed by atoms with van der Waals surface area (Å²) < 4.78 is 76.8. The molecule has 0 amide bonds. The third-order valence-electron chi connectivity index (χ3n) is 3.71. The van der Waals surface area contributed by atoms with Gasteiger partial charge in [-0.1, -0.05) is 18.2 Å². The summed E-state index contributed by atoms with van der Waals surface area (Å²) in [6.07, 6.45) is -4.77. The molecule has 1 heterocycles. The number of rotatable bonds is 4. The van der Waals surface area contributed by atoms with Crippen molar-refractivity contribution >= 4 is 10.0 Å². The minimum Gasteiger partial charge on any atom is -0.454 e. The Bertz CT molecular complexity index is 896. The first-order chi connectivity index (χ1) is 11.7. The van der Waals surface area contributed by atoms with E-state index < -0.39 is 32.7 Å². The van der Waals surface area contributed by atoms with Gasteiger partial charge in [0.1, 0.15) is 0 Å². The van der Waals surface area contributed by atoms with E-state index in [1.54, 1.807) is 18.2 Å². The number of hydrogen-bond acceptors (Lipinski definition) is 4. The quantitative estimate of drug-likeness (QED) is 0.891. The van der Waals surface area contributed by atoms with Crippen molar-refractivity contribution in [3.8, 4) is 11.5 Å². The second-order valence-electron chi connectivity index (χ2n) is 5.45. The van der Waals surface area contributed by atoms with Gasteiger partial charge < -0.3 is 9.47 Å². The molecule has 0 saturated heterocycles. The number of sulfonamides is 1. The average Bonchev–Trinajstić information content (AvgIpc) is 3.01. The van der Waals surface area contributed by atoms with Crippen LogP contribution in [0.25, 0.3) is 0 Å². The standard InChI is InChI=1S/C16H14F3NO4S/c1-10(11-6-7-13-14(8-11)24-9-23-13)20-25(21,22)15-5-3-2-4-12(15)16(17,18)19/h2-8,10,20H,9H2,1H3. The maximum atomic E-state index is 13.1. The smallest absolute Gasteiger partial charge is 0.417 e. The van der Waals surface area contributed by atoms with Gasteiger partial charge in [0.15, 0.2) is 11.5 Å². The Morgan fingerprint density at radius 3 is 2.48 bits per heavy atom. The van der Waals surface area contributed by atoms with Crippen molar-refractivity contribution < 1.29 is 31.1 Å². The van der Waals surface area contributed by atoms with E-state index in [9.17, 15) is 21.6 Å². The molecule has 134 valence electrons. The number of ether oxygens (including phenoxy) is 2. The molecule has 9 heteroatoms. The summed E-state index contributed by atoms with van der Waals surface area (Å²) in [5.74, 6) is 0.987. The van der Waals surface area contributed by atoms with Crippen LogP contribution < -0.4 is 14.2 Å². The Balaban J connectivity index is 1.90. The molecule has 0 aromatic heterocycles. The number of alkyl halides is 3. The molecule has 0 spiro atoms. The fourth-order valence-electron chi connectivity index (χ4n) is 2.48. The number of fused-ring (bicyclic) bond motifs is 1. The minimum absolute atomic E-state index is 0.0673. The lowest BCUT2D eigenvalue weighted by Crippen LogP contribution is -2.28. The zero-order chi connectivity index (χ0) is 18.2. The van der Waals surface area contributed by atoms with Gasteiger partial charge in [-0.3, -0.25) is 0 Å². The molecular weight excluding hydrogens is 359 g/mol. The van der Waals surface area contributed by atoms with E-state index in [1.807, 2.05) is 0 Å². The van der Waals surface area contributed by atoms with Crippen LogP contribution in [0, 0.1) is 0 Å². The van der Waals surface area contributed by atoms with E-state index in [4.69, 9.17) is 9.47 Å². The second kappa shape index (κ2) is 6.23. The van der Waals surface area contributed by atoms with Gasteiger partial charge in [0, 0.05) is 6.04 Å². The van der Waals surface area contributed by atoms with Crippen LogP contribution in [0.5, 0.6) is 11.5 Å². The van der Waals surface area contributed by atoms with Crippen LogP contribution >= 0.6 is 0 Å². The van der Waals surface area contributed by atoms with Crippen LogP contribution in [-0.2, 0) is 16.2 Å². The van der Waals surface area contributed by atoms with Gasteiger partial charge in [0.05, 0.1) is 10.5 Å². The number of benzene rings is 2. The van der Waals surface area contributed by atoms with E-state index in [0.717, 1.165) is 18.2 Å². The molecule has 1 unspecified atom stereocenters. The molecule has 2 aromatic rings. The van der Waals surface area contributed by atoms with Crippen LogP contribution in [-0.4, -0.2) is 15.2 Å². The van der Waals surface area contributed by atoms with Crippen LogP contribution in [0.3, 0.4) is 0 Å². The van der Waals surface area contributed by atoms with Gasteiger partial charge in [-0.15, -0.1) is 0 Å². The van der Waals surface area contributed by atoms with Gasteiger partial charge in [-0.25, -0.2) is 13.1 Å². The highest BCUT2D eigenvalue weighted by Gasteiger charge is 2.37. The van der Waals surface area contributed by atoms with Crippen LogP contribution in [0.4, 0.5) is 13.2 Å². The van der Waals surface area contributed by atoms with E-state index in [0.29, 0.717) is 17.1 Å². The Labute approximate surface area is 142 Å². The summed E-state index contributed by atoms with van der Waals surface area (Å²) in [6.45, 7) is 1.60. The monoisotopic (exact) mass is 373 g/mol. The molecule has 0 saturated carbocycles. The summed E-state index contributed by atoms with van der Waals surface area (Å²) in [6, 6.07) is 8.11. The maximum Gasteiger partial charge on any atom is 0.417 e. The fourth-order valence-corrected chi connectivity index (χ4v) is 3.94. The molecule has 5 nitrogen and oxygen atoms in total. The molecule has 0 radical (unpaired) electrons. The highest BCUT2D eigenvalue weighted by molar-refractivity contribution is 7.89. The lowest BCUT2D eigenvalue weighted by atomic mass is 10.1. The van der Waals surface area contributed by atoms with Gasteiger partial charge in [0.25, 0.3) is 0 Å². The zero-order valence-electron chi connectivity index (χ0n) is 13.0. The summed E-state index contributed by atoms with van der Waals surface area (Å²) in [5, 5.41) is 0. The van der Waals surface area contributed by atoms with E-state index in [2.05, 4.69) is 4.72 Å². The maximum absolute atomic E-state index is 13.1. The topological polar surface area (TPSA) is 64.6 Å². The van der Waals surface area contributed by atoms with Crippen molar-refractivity contribution in [2.24, 2.45) is 0 Å². The lowest BCUT2D eigenvalue weighted by Gasteiger charge is -2.18. The molecule has 0 fully saturated rings. The largest absolute Gasteiger partial charge is 0.454 e. The third kappa shape index (κ3) is 3.57. The van der Waals surface area contributed by atoms with Crippen molar-refractivity contribution in [1.82, 2.24) is 4.72 Å². The van der Waals surface area contributed by atoms with Gasteiger partial charge in [-0.05, 0) is 36.8 Å². The summed E-state index contributed by atoms with van der Waals surface area (Å²) in [5.41, 5.74) is -0.669. The van der Waals surface area contributed by atoms with Crippen molar-refractivity contribution in [2.75, 3.05) is 6.79 Å². The molecule has 0 bridgehead atoms. The van der Waals surface area contributed by atoms with Crippen LogP contribution in [0.15, 0.2) is 47.4 Å². The van der Waals surface area contributed by atoms with E-state index >= 15 is 0 Å². The van der Waals surface area contributed by atoms with E-state index in [1.165, 1.54) is 13.0 Å². The Morgan fingerprint density at radius 1 is 1.08 bits per heavy atom. The third-order valence-corrected chi connectivity index (χ3v) is 5.31. The molecule has 25 heavy (non-hydrogen) atoms. The lowest BCUT2D eigenvalue weighted by molar-refractivity contribution is -0.139. The van der Waals surface area contributed by atoms with Gasteiger partial charge in [0.2, 0.25) is 16.8 Å². The summed E-state index contributed by atoms with van der Waals surface area (Å²) in [7, 11) is -4.38. The highest BCUT2D eigenvalue weighted by Crippen LogP contribution is 2.36.